The Hall–Kier alpha value is 0.120. The number of nitrogens with zero attached hydrogens (tertiary/aromatic N) is 2. The van der Waals surface area contributed by atoms with Crippen molar-refractivity contribution in [3.63, 3.8) is 0 Å². The molecule has 0 aromatic carbocycles. The van der Waals surface area contributed by atoms with Crippen molar-refractivity contribution in [1.82, 2.24) is 7.88 Å². The van der Waals surface area contributed by atoms with Crippen LogP contribution in [0.15, 0.2) is 11.1 Å². The fourth-order valence-corrected chi connectivity index (χ4v) is 1.43. The summed E-state index contributed by atoms with van der Waals surface area (Å²) in [5.41, 5.74) is -8.18. The highest BCUT2D eigenvalue weighted by Gasteiger charge is 2.66. The molecule has 0 unspecified atom stereocenters. The van der Waals surface area contributed by atoms with Crippen LogP contribution in [0.3, 0.4) is 0 Å². The van der Waals surface area contributed by atoms with Gasteiger partial charge in [-0.05, 0) is 0 Å². The van der Waals surface area contributed by atoms with Crippen molar-refractivity contribution in [2.75, 3.05) is 0 Å². The Labute approximate surface area is 135 Å². The summed E-state index contributed by atoms with van der Waals surface area (Å²) < 4.78 is 125. The quantitative estimate of drug-likeness (QED) is 0.240. The van der Waals surface area contributed by atoms with Crippen LogP contribution in [0.4, 0.5) is 43.9 Å². The second-order valence-corrected chi connectivity index (χ2v) is 4.99. The molecule has 0 atom stereocenters. The summed E-state index contributed by atoms with van der Waals surface area (Å²) in [6.07, 6.45) is -13.4. The van der Waals surface area contributed by atoms with Crippen LogP contribution >= 0.6 is 47.1 Å². The van der Waals surface area contributed by atoms with Crippen molar-refractivity contribution in [3.05, 3.63) is 11.1 Å². The summed E-state index contributed by atoms with van der Waals surface area (Å²) in [6.45, 7) is 0. The van der Waals surface area contributed by atoms with Gasteiger partial charge < -0.3 is 0 Å². The average Bonchev–Trinajstić information content (AvgIpc) is 2.20. The molecule has 0 aliphatic carbocycles. The van der Waals surface area contributed by atoms with Gasteiger partial charge in [-0.3, -0.25) is 0 Å². The molecule has 0 aromatic rings. The molecule has 0 rings (SSSR count). The Morgan fingerprint density at radius 2 is 0.727 bits per heavy atom. The zero-order chi connectivity index (χ0) is 18.3. The van der Waals surface area contributed by atoms with Gasteiger partial charge >= 0.3 is 24.4 Å². The van der Waals surface area contributed by atoms with Gasteiger partial charge in [-0.25, -0.2) is 0 Å². The molecule has 0 spiro atoms. The largest absolute Gasteiger partial charge is 0.421 e. The maximum absolute atomic E-state index is 13.4. The molecule has 0 amide bonds. The predicted molar refractivity (Wildman–Crippen MR) is 56.1 cm³/mol. The van der Waals surface area contributed by atoms with Crippen molar-refractivity contribution in [2.45, 2.75) is 24.4 Å². The monoisotopic (exact) mass is 430 g/mol. The van der Waals surface area contributed by atoms with Crippen molar-refractivity contribution in [1.29, 1.82) is 0 Å². The van der Waals surface area contributed by atoms with Crippen LogP contribution in [0.1, 0.15) is 0 Å². The van der Waals surface area contributed by atoms with E-state index in [0.29, 0.717) is 0 Å². The topological polar surface area (TPSA) is 6.48 Å². The Bertz CT molecular complexity index is 402. The van der Waals surface area contributed by atoms with E-state index in [-0.39, 0.29) is 0 Å². The molecular formula is C6Cl4F10N2. The molecule has 0 aromatic heterocycles. The number of allylic oxidation sites excluding steroid dienone is 1. The summed E-state index contributed by atoms with van der Waals surface area (Å²) in [5, 5.41) is 0. The minimum atomic E-state index is -6.69. The molecule has 0 aliphatic heterocycles. The Balaban J connectivity index is 6.96. The van der Waals surface area contributed by atoms with E-state index in [2.05, 4.69) is 47.1 Å². The number of rotatable bonds is 4. The van der Waals surface area contributed by atoms with E-state index >= 15 is 0 Å². The third kappa shape index (κ3) is 4.57. The Morgan fingerprint density at radius 3 is 0.864 bits per heavy atom. The van der Waals surface area contributed by atoms with E-state index in [1.54, 1.807) is 0 Å². The molecule has 0 aliphatic rings. The van der Waals surface area contributed by atoms with E-state index < -0.39 is 43.5 Å². The van der Waals surface area contributed by atoms with Crippen LogP contribution < -0.4 is 0 Å². The van der Waals surface area contributed by atoms with Gasteiger partial charge in [0.05, 0.1) is 0 Å². The van der Waals surface area contributed by atoms with Crippen LogP contribution in [-0.2, 0) is 0 Å². The lowest BCUT2D eigenvalue weighted by atomic mass is 10.0. The maximum atomic E-state index is 13.4. The normalized spacial score (nSPS) is 14.7. The van der Waals surface area contributed by atoms with Gasteiger partial charge in [0.1, 0.15) is 5.57 Å². The van der Waals surface area contributed by atoms with Crippen LogP contribution in [0, 0.1) is 0 Å². The van der Waals surface area contributed by atoms with E-state index in [1.807, 2.05) is 0 Å². The van der Waals surface area contributed by atoms with Gasteiger partial charge in [-0.15, -0.1) is 0 Å². The smallest absolute Gasteiger partial charge is 0.181 e. The van der Waals surface area contributed by atoms with Crippen LogP contribution in [0.5, 0.6) is 0 Å². The highest BCUT2D eigenvalue weighted by molar-refractivity contribution is 6.35. The van der Waals surface area contributed by atoms with Gasteiger partial charge in [0.15, 0.2) is 5.57 Å². The van der Waals surface area contributed by atoms with Crippen LogP contribution in [-0.4, -0.2) is 32.3 Å². The fraction of sp³-hybridized carbons (Fsp3) is 0.667. The van der Waals surface area contributed by atoms with Crippen molar-refractivity contribution in [2.24, 2.45) is 0 Å². The third-order valence-electron chi connectivity index (χ3n) is 1.84. The predicted octanol–water partition coefficient (Wildman–Crippen LogP) is 5.81. The molecule has 0 heterocycles. The molecule has 0 radical (unpaired) electrons. The average molecular weight is 432 g/mol. The summed E-state index contributed by atoms with van der Waals surface area (Å²) in [7, 11) is 0. The SMILES string of the molecule is FC(F)(F)C(=C(C(F)(F)N(Cl)Cl)C(F)(F)N(Cl)Cl)C(F)(F)F. The Morgan fingerprint density at radius 1 is 0.500 bits per heavy atom. The molecule has 0 bridgehead atoms. The standard InChI is InChI=1S/C6Cl4F10N2/c7-21(8)5(17,18)2(6(19,20)22(9)10)1(3(11,12)13)4(14,15)16. The van der Waals surface area contributed by atoms with Gasteiger partial charge in [-0.2, -0.15) is 43.9 Å². The second-order valence-electron chi connectivity index (χ2n) is 3.29. The van der Waals surface area contributed by atoms with Gasteiger partial charge in [0.2, 0.25) is 0 Å². The molecule has 0 saturated carbocycles. The minimum absolute atomic E-state index is 1.63. The van der Waals surface area contributed by atoms with Crippen molar-refractivity contribution < 1.29 is 43.9 Å². The lowest BCUT2D eigenvalue weighted by Crippen LogP contribution is -2.48. The zero-order valence-corrected chi connectivity index (χ0v) is 12.2. The van der Waals surface area contributed by atoms with E-state index in [0.717, 1.165) is 0 Å². The minimum Gasteiger partial charge on any atom is -0.181 e. The molecule has 2 nitrogen and oxygen atoms in total. The van der Waals surface area contributed by atoms with E-state index in [1.165, 1.54) is 0 Å². The van der Waals surface area contributed by atoms with Crippen molar-refractivity contribution in [3.8, 4) is 0 Å². The fourth-order valence-electron chi connectivity index (χ4n) is 1.09. The zero-order valence-electron chi connectivity index (χ0n) is 9.19. The van der Waals surface area contributed by atoms with E-state index in [9.17, 15) is 43.9 Å². The van der Waals surface area contributed by atoms with E-state index in [4.69, 9.17) is 0 Å². The highest BCUT2D eigenvalue weighted by atomic mass is 35.5. The number of halogens is 14. The number of hydrogen-bond donors (Lipinski definition) is 0. The summed E-state index contributed by atoms with van der Waals surface area (Å²) in [4.78, 5) is 0. The molecule has 132 valence electrons. The molecule has 16 heteroatoms. The first-order chi connectivity index (χ1) is 9.37. The van der Waals surface area contributed by atoms with Crippen LogP contribution in [0.25, 0.3) is 0 Å². The third-order valence-corrected chi connectivity index (χ3v) is 2.69. The van der Waals surface area contributed by atoms with Gasteiger partial charge in [-0.1, -0.05) is 7.88 Å². The van der Waals surface area contributed by atoms with Crippen LogP contribution in [0.2, 0.25) is 0 Å². The summed E-state index contributed by atoms with van der Waals surface area (Å²) >= 11 is 17.4. The van der Waals surface area contributed by atoms with Gasteiger partial charge in [0, 0.05) is 47.1 Å². The Kier molecular flexibility index (Phi) is 6.59. The molecular weight excluding hydrogens is 432 g/mol. The number of alkyl halides is 10. The molecule has 0 N–H and O–H groups in total. The highest BCUT2D eigenvalue weighted by Crippen LogP contribution is 2.52. The maximum Gasteiger partial charge on any atom is 0.421 e. The second kappa shape index (κ2) is 6.55. The summed E-state index contributed by atoms with van der Waals surface area (Å²) in [5.74, 6) is 0. The molecule has 0 saturated heterocycles. The molecule has 0 fully saturated rings. The first-order valence-electron chi connectivity index (χ1n) is 4.26. The lowest BCUT2D eigenvalue weighted by molar-refractivity contribution is -0.189. The number of hydrogen-bond acceptors (Lipinski definition) is 2. The molecule has 22 heavy (non-hydrogen) atoms. The van der Waals surface area contributed by atoms with Gasteiger partial charge in [0.25, 0.3) is 0 Å². The lowest BCUT2D eigenvalue weighted by Gasteiger charge is -2.32. The first kappa shape index (κ1) is 22.1. The first-order valence-corrected chi connectivity index (χ1v) is 5.62. The van der Waals surface area contributed by atoms with Crippen molar-refractivity contribution >= 4 is 47.1 Å². The summed E-state index contributed by atoms with van der Waals surface area (Å²) in [6, 6.07) is -11.7.